The number of Topliss-reactive ketones (excluding diaryl/α,β-unsaturated/α-hetero) is 1. The summed E-state index contributed by atoms with van der Waals surface area (Å²) in [6, 6.07) is 23.3. The van der Waals surface area contributed by atoms with Gasteiger partial charge in [0.25, 0.3) is 5.91 Å². The number of carbonyl (C=O) groups excluding carboxylic acids is 2. The molecule has 0 saturated heterocycles. The van der Waals surface area contributed by atoms with Gasteiger partial charge < -0.3 is 14.3 Å². The average molecular weight is 455 g/mol. The van der Waals surface area contributed by atoms with Crippen molar-refractivity contribution < 1.29 is 28.2 Å². The van der Waals surface area contributed by atoms with Crippen molar-refractivity contribution in [2.24, 2.45) is 0 Å². The molecule has 0 bridgehead atoms. The van der Waals surface area contributed by atoms with Crippen molar-refractivity contribution in [1.82, 2.24) is 0 Å². The van der Waals surface area contributed by atoms with E-state index in [0.717, 1.165) is 0 Å². The van der Waals surface area contributed by atoms with Gasteiger partial charge in [-0.1, -0.05) is 36.4 Å². The van der Waals surface area contributed by atoms with Crippen LogP contribution in [0, 0.1) is 5.82 Å². The van der Waals surface area contributed by atoms with Gasteiger partial charge in [0.15, 0.2) is 11.5 Å². The standard InChI is InChI=1S/C27H18FNO5/c28-18-8-5-9-19(16-18)29-24(23(26(31)27(29)32)25(30)22-13-6-14-33-22)17-7-4-12-21(15-17)34-20-10-2-1-3-11-20/h1-16,24,31H. The summed E-state index contributed by atoms with van der Waals surface area (Å²) in [5, 5.41) is 10.8. The number of para-hydroxylation sites is 1. The zero-order valence-corrected chi connectivity index (χ0v) is 17.7. The molecule has 2 heterocycles. The molecule has 5 rings (SSSR count). The highest BCUT2D eigenvalue weighted by molar-refractivity contribution is 6.20. The highest BCUT2D eigenvalue weighted by Gasteiger charge is 2.45. The van der Waals surface area contributed by atoms with Crippen molar-refractivity contribution in [1.29, 1.82) is 0 Å². The second-order valence-electron chi connectivity index (χ2n) is 7.61. The van der Waals surface area contributed by atoms with E-state index in [-0.39, 0.29) is 17.0 Å². The summed E-state index contributed by atoms with van der Waals surface area (Å²) in [7, 11) is 0. The molecule has 1 unspecified atom stereocenters. The molecule has 1 amide bonds. The number of furan rings is 1. The van der Waals surface area contributed by atoms with Crippen molar-refractivity contribution in [3.05, 3.63) is 126 Å². The third-order valence-corrected chi connectivity index (χ3v) is 5.44. The van der Waals surface area contributed by atoms with E-state index in [0.29, 0.717) is 17.1 Å². The molecular formula is C27H18FNO5. The fourth-order valence-electron chi connectivity index (χ4n) is 3.96. The smallest absolute Gasteiger partial charge is 0.294 e. The molecule has 1 N–H and O–H groups in total. The fourth-order valence-corrected chi connectivity index (χ4v) is 3.96. The maximum atomic E-state index is 14.0. The number of halogens is 1. The van der Waals surface area contributed by atoms with Crippen LogP contribution in [0.3, 0.4) is 0 Å². The van der Waals surface area contributed by atoms with E-state index in [9.17, 15) is 19.1 Å². The number of amides is 1. The quantitative estimate of drug-likeness (QED) is 0.361. The van der Waals surface area contributed by atoms with Gasteiger partial charge in [-0.25, -0.2) is 4.39 Å². The van der Waals surface area contributed by atoms with Crippen LogP contribution in [0.5, 0.6) is 11.5 Å². The van der Waals surface area contributed by atoms with Gasteiger partial charge in [-0.2, -0.15) is 0 Å². The SMILES string of the molecule is O=C(C1=C(O)C(=O)N(c2cccc(F)c2)C1c1cccc(Oc2ccccc2)c1)c1ccco1. The van der Waals surface area contributed by atoms with Gasteiger partial charge in [-0.15, -0.1) is 0 Å². The van der Waals surface area contributed by atoms with Gasteiger partial charge in [-0.05, 0) is 60.2 Å². The number of rotatable bonds is 6. The van der Waals surface area contributed by atoms with Crippen LogP contribution in [0.2, 0.25) is 0 Å². The van der Waals surface area contributed by atoms with Gasteiger partial charge in [-0.3, -0.25) is 14.5 Å². The highest BCUT2D eigenvalue weighted by atomic mass is 19.1. The first-order valence-corrected chi connectivity index (χ1v) is 10.5. The summed E-state index contributed by atoms with van der Waals surface area (Å²) in [6.45, 7) is 0. The maximum Gasteiger partial charge on any atom is 0.294 e. The van der Waals surface area contributed by atoms with E-state index < -0.39 is 29.3 Å². The van der Waals surface area contributed by atoms with Crippen LogP contribution < -0.4 is 9.64 Å². The average Bonchev–Trinajstić information content (AvgIpc) is 3.47. The number of benzene rings is 3. The molecule has 4 aromatic rings. The summed E-state index contributed by atoms with van der Waals surface area (Å²) < 4.78 is 25.2. The lowest BCUT2D eigenvalue weighted by Crippen LogP contribution is -2.31. The molecule has 1 atom stereocenters. The van der Waals surface area contributed by atoms with Crippen molar-refractivity contribution >= 4 is 17.4 Å². The Bertz CT molecular complexity index is 1400. The minimum atomic E-state index is -1.04. The third-order valence-electron chi connectivity index (χ3n) is 5.44. The molecule has 6 nitrogen and oxygen atoms in total. The summed E-state index contributed by atoms with van der Waals surface area (Å²) in [4.78, 5) is 27.6. The zero-order chi connectivity index (χ0) is 23.7. The molecule has 0 radical (unpaired) electrons. The van der Waals surface area contributed by atoms with E-state index >= 15 is 0 Å². The molecule has 3 aromatic carbocycles. The first-order valence-electron chi connectivity index (χ1n) is 10.5. The summed E-state index contributed by atoms with van der Waals surface area (Å²) in [6.07, 6.45) is 1.33. The first-order chi connectivity index (χ1) is 16.5. The second kappa shape index (κ2) is 8.71. The minimum Gasteiger partial charge on any atom is -0.503 e. The fraction of sp³-hybridized carbons (Fsp3) is 0.0370. The molecule has 1 aromatic heterocycles. The number of ketones is 1. The number of nitrogens with zero attached hydrogens (tertiary/aromatic N) is 1. The van der Waals surface area contributed by atoms with Gasteiger partial charge in [0, 0.05) is 5.69 Å². The Balaban J connectivity index is 1.62. The Kier molecular flexibility index (Phi) is 5.43. The van der Waals surface area contributed by atoms with Crippen molar-refractivity contribution in [3.8, 4) is 11.5 Å². The summed E-state index contributed by atoms with van der Waals surface area (Å²) >= 11 is 0. The maximum absolute atomic E-state index is 14.0. The monoisotopic (exact) mass is 455 g/mol. The lowest BCUT2D eigenvalue weighted by atomic mass is 9.94. The zero-order valence-electron chi connectivity index (χ0n) is 17.7. The Morgan fingerprint density at radius 2 is 1.68 bits per heavy atom. The number of hydrogen-bond donors (Lipinski definition) is 1. The van der Waals surface area contributed by atoms with Crippen LogP contribution in [-0.4, -0.2) is 16.8 Å². The number of anilines is 1. The van der Waals surface area contributed by atoms with Crippen LogP contribution in [0.4, 0.5) is 10.1 Å². The first kappa shape index (κ1) is 21.2. The molecule has 168 valence electrons. The van der Waals surface area contributed by atoms with Gasteiger partial charge in [0.1, 0.15) is 17.3 Å². The van der Waals surface area contributed by atoms with E-state index in [4.69, 9.17) is 9.15 Å². The van der Waals surface area contributed by atoms with Crippen molar-refractivity contribution in [2.75, 3.05) is 4.90 Å². The number of hydrogen-bond acceptors (Lipinski definition) is 5. The molecule has 0 fully saturated rings. The number of ether oxygens (including phenoxy) is 1. The minimum absolute atomic E-state index is 0.0304. The Morgan fingerprint density at radius 1 is 0.912 bits per heavy atom. The molecule has 1 aliphatic rings. The lowest BCUT2D eigenvalue weighted by molar-refractivity contribution is -0.117. The van der Waals surface area contributed by atoms with Gasteiger partial charge >= 0.3 is 0 Å². The molecule has 7 heteroatoms. The summed E-state index contributed by atoms with van der Waals surface area (Å²) in [5.41, 5.74) is 0.518. The van der Waals surface area contributed by atoms with E-state index in [1.54, 1.807) is 36.4 Å². The Morgan fingerprint density at radius 3 is 2.41 bits per heavy atom. The summed E-state index contributed by atoms with van der Waals surface area (Å²) in [5.74, 6) is -1.70. The molecule has 0 aliphatic carbocycles. The van der Waals surface area contributed by atoms with Crippen molar-refractivity contribution in [2.45, 2.75) is 6.04 Å². The largest absolute Gasteiger partial charge is 0.503 e. The second-order valence-corrected chi connectivity index (χ2v) is 7.61. The highest BCUT2D eigenvalue weighted by Crippen LogP contribution is 2.43. The van der Waals surface area contributed by atoms with Crippen molar-refractivity contribution in [3.63, 3.8) is 0 Å². The van der Waals surface area contributed by atoms with Gasteiger partial charge in [0.2, 0.25) is 5.78 Å². The number of aliphatic hydroxyl groups is 1. The Labute approximate surface area is 194 Å². The van der Waals surface area contributed by atoms with Crippen LogP contribution >= 0.6 is 0 Å². The van der Waals surface area contributed by atoms with E-state index in [2.05, 4.69) is 0 Å². The van der Waals surface area contributed by atoms with Gasteiger partial charge in [0.05, 0.1) is 17.9 Å². The Hall–Kier alpha value is -4.65. The normalized spacial score (nSPS) is 15.6. The molecule has 34 heavy (non-hydrogen) atoms. The van der Waals surface area contributed by atoms with Crippen LogP contribution in [0.15, 0.2) is 113 Å². The lowest BCUT2D eigenvalue weighted by Gasteiger charge is -2.27. The third kappa shape index (κ3) is 3.84. The van der Waals surface area contributed by atoms with E-state index in [1.807, 2.05) is 18.2 Å². The molecule has 1 aliphatic heterocycles. The van der Waals surface area contributed by atoms with E-state index in [1.165, 1.54) is 47.6 Å². The van der Waals surface area contributed by atoms with Crippen LogP contribution in [0.25, 0.3) is 0 Å². The molecular weight excluding hydrogens is 437 g/mol. The number of aliphatic hydroxyl groups excluding tert-OH is 1. The molecule has 0 spiro atoms. The predicted octanol–water partition coefficient (Wildman–Crippen LogP) is 5.99. The van der Waals surface area contributed by atoms with Crippen LogP contribution in [-0.2, 0) is 4.79 Å². The predicted molar refractivity (Wildman–Crippen MR) is 122 cm³/mol. The topological polar surface area (TPSA) is 80.0 Å². The van der Waals surface area contributed by atoms with Crippen LogP contribution in [0.1, 0.15) is 22.2 Å². The number of carbonyl (C=O) groups is 2. The molecule has 0 saturated carbocycles.